The predicted octanol–water partition coefficient (Wildman–Crippen LogP) is 2.75. The first-order valence-electron chi connectivity index (χ1n) is 11.4. The Morgan fingerprint density at radius 3 is 2.65 bits per heavy atom. The van der Waals surface area contributed by atoms with Crippen molar-refractivity contribution in [3.05, 3.63) is 94.4 Å². The number of fused-ring (bicyclic) bond motifs is 2. The Kier molecular flexibility index (Phi) is 5.04. The zero-order valence-electron chi connectivity index (χ0n) is 19.6. The fraction of sp³-hybridized carbons (Fsp3) is 0.0769. The molecule has 37 heavy (non-hydrogen) atoms. The molecule has 3 N–H and O–H groups in total. The van der Waals surface area contributed by atoms with E-state index in [-0.39, 0.29) is 29.2 Å². The van der Waals surface area contributed by atoms with Crippen LogP contribution in [-0.2, 0) is 6.54 Å². The molecule has 6 rings (SSSR count). The number of nitrogens with two attached hydrogens (primary N) is 1. The maximum Gasteiger partial charge on any atom is 0.282 e. The van der Waals surface area contributed by atoms with Crippen LogP contribution in [0.2, 0.25) is 0 Å². The van der Waals surface area contributed by atoms with Crippen molar-refractivity contribution in [2.45, 2.75) is 13.5 Å². The van der Waals surface area contributed by atoms with Crippen molar-refractivity contribution in [3.8, 4) is 22.7 Å². The lowest BCUT2D eigenvalue weighted by atomic mass is 10.1. The summed E-state index contributed by atoms with van der Waals surface area (Å²) in [5.74, 6) is 0.509. The molecule has 0 aliphatic rings. The molecule has 11 heteroatoms. The van der Waals surface area contributed by atoms with Crippen LogP contribution >= 0.6 is 0 Å². The first kappa shape index (κ1) is 22.2. The second-order valence-electron chi connectivity index (χ2n) is 8.58. The smallest absolute Gasteiger partial charge is 0.282 e. The van der Waals surface area contributed by atoms with E-state index in [2.05, 4.69) is 9.97 Å². The molecule has 0 aliphatic heterocycles. The van der Waals surface area contributed by atoms with Crippen LogP contribution in [-0.4, -0.2) is 45.3 Å². The molecule has 4 aromatic heterocycles. The third-order valence-electron chi connectivity index (χ3n) is 6.17. The Labute approximate surface area is 209 Å². The quantitative estimate of drug-likeness (QED) is 0.349. The average molecular weight is 492 g/mol. The molecule has 0 atom stereocenters. The van der Waals surface area contributed by atoms with Gasteiger partial charge in [-0.25, -0.2) is 19.2 Å². The van der Waals surface area contributed by atoms with Gasteiger partial charge in [0.25, 0.3) is 5.56 Å². The van der Waals surface area contributed by atoms with Crippen molar-refractivity contribution in [2.75, 3.05) is 5.73 Å². The van der Waals surface area contributed by atoms with E-state index < -0.39 is 0 Å². The van der Waals surface area contributed by atoms with E-state index in [1.807, 2.05) is 43.3 Å². The highest BCUT2D eigenvalue weighted by atomic mass is 16.3. The minimum absolute atomic E-state index is 0.0730. The van der Waals surface area contributed by atoms with Crippen molar-refractivity contribution in [1.29, 1.82) is 0 Å². The predicted molar refractivity (Wildman–Crippen MR) is 137 cm³/mol. The Morgan fingerprint density at radius 1 is 1.05 bits per heavy atom. The van der Waals surface area contributed by atoms with Crippen LogP contribution in [0.3, 0.4) is 0 Å². The van der Waals surface area contributed by atoms with Gasteiger partial charge in [0.2, 0.25) is 0 Å². The molecule has 11 nitrogen and oxygen atoms in total. The summed E-state index contributed by atoms with van der Waals surface area (Å²) in [4.78, 5) is 33.5. The lowest BCUT2D eigenvalue weighted by molar-refractivity contribution is 0.112. The monoisotopic (exact) mass is 492 g/mol. The number of hydrogen-bond donors (Lipinski definition) is 2. The van der Waals surface area contributed by atoms with Gasteiger partial charge in [-0.1, -0.05) is 18.2 Å². The maximum atomic E-state index is 13.6. The first-order chi connectivity index (χ1) is 17.9. The van der Waals surface area contributed by atoms with Gasteiger partial charge in [0, 0.05) is 17.3 Å². The van der Waals surface area contributed by atoms with Crippen LogP contribution < -0.4 is 11.3 Å². The van der Waals surface area contributed by atoms with E-state index in [0.717, 1.165) is 5.56 Å². The summed E-state index contributed by atoms with van der Waals surface area (Å²) in [6.45, 7) is 1.94. The summed E-state index contributed by atoms with van der Waals surface area (Å²) >= 11 is 0. The number of aromatic nitrogens is 7. The van der Waals surface area contributed by atoms with E-state index in [0.29, 0.717) is 45.6 Å². The molecule has 0 unspecified atom stereocenters. The lowest BCUT2D eigenvalue weighted by Gasteiger charge is -2.13. The number of nitrogen functional groups attached to an aromatic ring is 1. The Bertz CT molecular complexity index is 1890. The average Bonchev–Trinajstić information content (AvgIpc) is 3.46. The number of rotatable bonds is 5. The van der Waals surface area contributed by atoms with Gasteiger partial charge in [-0.3, -0.25) is 14.2 Å². The van der Waals surface area contributed by atoms with Crippen LogP contribution in [0.15, 0.2) is 71.9 Å². The van der Waals surface area contributed by atoms with Gasteiger partial charge >= 0.3 is 0 Å². The second-order valence-corrected chi connectivity index (χ2v) is 8.58. The van der Waals surface area contributed by atoms with Gasteiger partial charge < -0.3 is 10.8 Å². The van der Waals surface area contributed by atoms with Gasteiger partial charge in [-0.15, -0.1) is 0 Å². The Hall–Kier alpha value is -5.32. The van der Waals surface area contributed by atoms with Crippen molar-refractivity contribution in [3.63, 3.8) is 0 Å². The van der Waals surface area contributed by atoms with Gasteiger partial charge in [0.15, 0.2) is 11.5 Å². The van der Waals surface area contributed by atoms with Crippen LogP contribution in [0.1, 0.15) is 21.7 Å². The van der Waals surface area contributed by atoms with Crippen LogP contribution in [0.5, 0.6) is 5.75 Å². The maximum absolute atomic E-state index is 13.6. The van der Waals surface area contributed by atoms with Crippen LogP contribution in [0.25, 0.3) is 33.5 Å². The van der Waals surface area contributed by atoms with Crippen molar-refractivity contribution in [2.24, 2.45) is 0 Å². The molecule has 2 aromatic carbocycles. The molecular weight excluding hydrogens is 472 g/mol. The largest absolute Gasteiger partial charge is 0.508 e. The van der Waals surface area contributed by atoms with E-state index in [4.69, 9.17) is 15.9 Å². The number of carbonyl (C=O) groups is 1. The zero-order chi connectivity index (χ0) is 25.7. The van der Waals surface area contributed by atoms with Gasteiger partial charge in [-0.05, 0) is 48.9 Å². The third-order valence-corrected chi connectivity index (χ3v) is 6.17. The third kappa shape index (κ3) is 3.60. The number of carbonyl (C=O) groups excluding carboxylic acids is 1. The summed E-state index contributed by atoms with van der Waals surface area (Å²) in [6.07, 6.45) is 3.71. The van der Waals surface area contributed by atoms with Crippen molar-refractivity contribution in [1.82, 2.24) is 33.9 Å². The van der Waals surface area contributed by atoms with Gasteiger partial charge in [0.1, 0.15) is 41.9 Å². The number of hydrogen-bond acceptors (Lipinski definition) is 8. The molecule has 0 spiro atoms. The number of para-hydroxylation sites is 1. The molecule has 0 bridgehead atoms. The summed E-state index contributed by atoms with van der Waals surface area (Å²) in [6, 6.07) is 15.5. The van der Waals surface area contributed by atoms with Crippen LogP contribution in [0.4, 0.5) is 5.82 Å². The van der Waals surface area contributed by atoms with Gasteiger partial charge in [0.05, 0.1) is 11.1 Å². The topological polar surface area (TPSA) is 146 Å². The Balaban J connectivity index is 1.60. The van der Waals surface area contributed by atoms with E-state index in [9.17, 15) is 14.7 Å². The number of aromatic hydroxyl groups is 1. The summed E-state index contributed by atoms with van der Waals surface area (Å²) in [5, 5.41) is 20.1. The molecular formula is C26H20N8O3. The van der Waals surface area contributed by atoms with Crippen molar-refractivity contribution < 1.29 is 9.90 Å². The lowest BCUT2D eigenvalue weighted by Crippen LogP contribution is -2.28. The second kappa shape index (κ2) is 8.41. The number of anilines is 1. The highest BCUT2D eigenvalue weighted by molar-refractivity contribution is 5.99. The number of phenolic OH excluding ortho intramolecular Hbond substituents is 1. The summed E-state index contributed by atoms with van der Waals surface area (Å²) in [5.41, 5.74) is 9.51. The zero-order valence-corrected chi connectivity index (χ0v) is 19.6. The minimum atomic E-state index is -0.215. The highest BCUT2D eigenvalue weighted by Gasteiger charge is 2.21. The standard InChI is InChI=1S/C26H20N8O3/c1-15-7-8-32-23(15)26(37)34(18-5-3-2-4-6-18)20(30-32)12-33-25-21(24(27)28-14-29-25)22(31-33)17-9-16(13-35)10-19(36)11-17/h2-11,13-14,36H,12H2,1H3,(H2,27,28,29). The van der Waals surface area contributed by atoms with E-state index in [1.165, 1.54) is 18.5 Å². The molecule has 4 heterocycles. The number of aryl methyl sites for hydroxylation is 1. The molecule has 0 saturated heterocycles. The number of aldehydes is 1. The number of nitrogens with zero attached hydrogens (tertiary/aromatic N) is 7. The molecule has 182 valence electrons. The van der Waals surface area contributed by atoms with Crippen molar-refractivity contribution >= 4 is 28.7 Å². The molecule has 0 aliphatic carbocycles. The fourth-order valence-electron chi connectivity index (χ4n) is 4.52. The number of benzene rings is 2. The summed E-state index contributed by atoms with van der Waals surface area (Å²) in [7, 11) is 0. The summed E-state index contributed by atoms with van der Waals surface area (Å²) < 4.78 is 4.70. The Morgan fingerprint density at radius 2 is 1.86 bits per heavy atom. The molecule has 6 aromatic rings. The fourth-order valence-corrected chi connectivity index (χ4v) is 4.52. The minimum Gasteiger partial charge on any atom is -0.508 e. The van der Waals surface area contributed by atoms with Crippen LogP contribution in [0, 0.1) is 6.92 Å². The van der Waals surface area contributed by atoms with E-state index in [1.54, 1.807) is 26.0 Å². The normalized spacial score (nSPS) is 11.4. The SMILES string of the molecule is Cc1ccn2nc(Cn3nc(-c4cc(O)cc(C=O)c4)c4c(N)ncnc43)n(-c3ccccc3)c(=O)c12. The number of phenols is 1. The van der Waals surface area contributed by atoms with E-state index >= 15 is 0 Å². The molecule has 0 saturated carbocycles. The molecule has 0 radical (unpaired) electrons. The highest BCUT2D eigenvalue weighted by Crippen LogP contribution is 2.32. The molecule has 0 fully saturated rings. The molecule has 0 amide bonds. The van der Waals surface area contributed by atoms with Gasteiger partial charge in [-0.2, -0.15) is 10.2 Å². The first-order valence-corrected chi connectivity index (χ1v) is 11.4.